The summed E-state index contributed by atoms with van der Waals surface area (Å²) in [5.41, 5.74) is 5.27. The number of benzene rings is 2. The zero-order valence-corrected chi connectivity index (χ0v) is 24.2. The number of hydrogen-bond acceptors (Lipinski definition) is 8. The Labute approximate surface area is 250 Å². The van der Waals surface area contributed by atoms with E-state index in [0.717, 1.165) is 99.2 Å². The van der Waals surface area contributed by atoms with Crippen molar-refractivity contribution in [2.75, 3.05) is 55.7 Å². The van der Waals surface area contributed by atoms with Crippen LogP contribution in [-0.4, -0.2) is 82.5 Å². The summed E-state index contributed by atoms with van der Waals surface area (Å²) in [5.74, 6) is 2.02. The second-order valence-electron chi connectivity index (χ2n) is 11.6. The molecule has 1 N–H and O–H groups in total. The Morgan fingerprint density at radius 1 is 0.930 bits per heavy atom. The molecule has 4 aromatic rings. The van der Waals surface area contributed by atoms with Gasteiger partial charge < -0.3 is 24.2 Å². The van der Waals surface area contributed by atoms with Crippen LogP contribution in [0, 0.1) is 11.3 Å². The first kappa shape index (κ1) is 27.4. The lowest BCUT2D eigenvalue weighted by Gasteiger charge is -2.36. The fourth-order valence-electron chi connectivity index (χ4n) is 6.39. The van der Waals surface area contributed by atoms with E-state index in [1.54, 1.807) is 12.1 Å². The zero-order valence-electron chi connectivity index (χ0n) is 24.2. The minimum absolute atomic E-state index is 0.147. The molecule has 5 heterocycles. The van der Waals surface area contributed by atoms with Crippen molar-refractivity contribution in [3.63, 3.8) is 0 Å². The minimum atomic E-state index is -0.931. The second kappa shape index (κ2) is 11.7. The highest BCUT2D eigenvalue weighted by atomic mass is 16.5. The van der Waals surface area contributed by atoms with Crippen LogP contribution < -0.4 is 9.80 Å². The lowest BCUT2D eigenvalue weighted by atomic mass is 10.0. The Kier molecular flexibility index (Phi) is 7.43. The van der Waals surface area contributed by atoms with Crippen molar-refractivity contribution in [2.24, 2.45) is 0 Å². The largest absolute Gasteiger partial charge is 0.478 e. The predicted octanol–water partition coefficient (Wildman–Crippen LogP) is 3.72. The van der Waals surface area contributed by atoms with Gasteiger partial charge in [-0.2, -0.15) is 5.26 Å². The SMILES string of the molecule is N#Cc1ccc2c(c1)CCN(c1cccc(N3CCN(Cc4nc5ccc(C(=O)O)cc5n4C[C@@H]4CCO4)CC3)n1)CC2. The van der Waals surface area contributed by atoms with E-state index in [0.29, 0.717) is 13.1 Å². The number of nitriles is 1. The van der Waals surface area contributed by atoms with Gasteiger partial charge in [-0.3, -0.25) is 4.90 Å². The molecule has 0 aliphatic carbocycles. The number of hydrogen-bond donors (Lipinski definition) is 1. The topological polar surface area (TPSA) is 111 Å². The maximum absolute atomic E-state index is 11.6. The first-order valence-electron chi connectivity index (χ1n) is 15.1. The molecule has 10 heteroatoms. The van der Waals surface area contributed by atoms with Gasteiger partial charge >= 0.3 is 5.97 Å². The number of nitrogens with zero attached hydrogens (tertiary/aromatic N) is 7. The number of fused-ring (bicyclic) bond motifs is 2. The van der Waals surface area contributed by atoms with Crippen LogP contribution >= 0.6 is 0 Å². The highest BCUT2D eigenvalue weighted by Gasteiger charge is 2.25. The maximum atomic E-state index is 11.6. The molecule has 2 aromatic carbocycles. The normalized spacial score (nSPS) is 19.0. The number of rotatable bonds is 7. The summed E-state index contributed by atoms with van der Waals surface area (Å²) in [6, 6.07) is 19.8. The van der Waals surface area contributed by atoms with Crippen molar-refractivity contribution in [1.29, 1.82) is 5.26 Å². The number of ether oxygens (including phenoxy) is 1. The summed E-state index contributed by atoms with van der Waals surface area (Å²) in [5, 5.41) is 18.8. The molecule has 10 nitrogen and oxygen atoms in total. The Morgan fingerprint density at radius 2 is 1.67 bits per heavy atom. The Hall–Kier alpha value is -4.46. The highest BCUT2D eigenvalue weighted by Crippen LogP contribution is 2.26. The van der Waals surface area contributed by atoms with Crippen LogP contribution in [0.25, 0.3) is 11.0 Å². The van der Waals surface area contributed by atoms with Crippen LogP contribution in [0.2, 0.25) is 0 Å². The third kappa shape index (κ3) is 5.66. The predicted molar refractivity (Wildman–Crippen MR) is 164 cm³/mol. The number of carboxylic acid groups (broad SMARTS) is 1. The molecule has 0 saturated carbocycles. The fourth-order valence-corrected chi connectivity index (χ4v) is 6.39. The lowest BCUT2D eigenvalue weighted by molar-refractivity contribution is -0.0592. The monoisotopic (exact) mass is 577 g/mol. The number of carbonyl (C=O) groups is 1. The van der Waals surface area contributed by atoms with Gasteiger partial charge in [-0.15, -0.1) is 0 Å². The van der Waals surface area contributed by atoms with Gasteiger partial charge in [0.1, 0.15) is 17.5 Å². The average Bonchev–Trinajstić information content (AvgIpc) is 3.19. The molecular weight excluding hydrogens is 542 g/mol. The molecular formula is C33H35N7O3. The van der Waals surface area contributed by atoms with Crippen LogP contribution in [-0.2, 0) is 30.7 Å². The van der Waals surface area contributed by atoms with Crippen LogP contribution in [0.3, 0.4) is 0 Å². The van der Waals surface area contributed by atoms with E-state index in [1.165, 1.54) is 11.1 Å². The Morgan fingerprint density at radius 3 is 2.37 bits per heavy atom. The quantitative estimate of drug-likeness (QED) is 0.351. The molecule has 0 amide bonds. The lowest BCUT2D eigenvalue weighted by Crippen LogP contribution is -2.46. The van der Waals surface area contributed by atoms with Gasteiger partial charge in [0.05, 0.1) is 47.4 Å². The van der Waals surface area contributed by atoms with Crippen LogP contribution in [0.4, 0.5) is 11.6 Å². The van der Waals surface area contributed by atoms with Crippen molar-refractivity contribution in [2.45, 2.75) is 38.5 Å². The molecule has 0 unspecified atom stereocenters. The van der Waals surface area contributed by atoms with Gasteiger partial charge in [0.2, 0.25) is 0 Å². The van der Waals surface area contributed by atoms with E-state index in [1.807, 2.05) is 18.2 Å². The third-order valence-corrected chi connectivity index (χ3v) is 9.00. The molecule has 220 valence electrons. The number of pyridine rings is 1. The summed E-state index contributed by atoms with van der Waals surface area (Å²) in [7, 11) is 0. The average molecular weight is 578 g/mol. The van der Waals surface area contributed by atoms with Crippen molar-refractivity contribution in [3.8, 4) is 6.07 Å². The fraction of sp³-hybridized carbons (Fsp3) is 0.394. The van der Waals surface area contributed by atoms with Crippen LogP contribution in [0.5, 0.6) is 0 Å². The summed E-state index contributed by atoms with van der Waals surface area (Å²) in [6.07, 6.45) is 3.01. The number of piperazine rings is 1. The van der Waals surface area contributed by atoms with Crippen molar-refractivity contribution in [3.05, 3.63) is 82.7 Å². The third-order valence-electron chi connectivity index (χ3n) is 9.00. The van der Waals surface area contributed by atoms with Gasteiger partial charge in [0.15, 0.2) is 0 Å². The Bertz CT molecular complexity index is 1700. The van der Waals surface area contributed by atoms with E-state index in [9.17, 15) is 15.2 Å². The Balaban J connectivity index is 1.02. The molecule has 2 saturated heterocycles. The van der Waals surface area contributed by atoms with E-state index in [2.05, 4.69) is 49.6 Å². The molecule has 0 spiro atoms. The standard InChI is InChI=1S/C33H35N7O3/c34-20-23-4-5-24-8-11-38(12-9-25(24)18-23)30-2-1-3-31(36-30)39-15-13-37(14-16-39)22-32-35-28-7-6-26(33(41)42)19-29(28)40(32)21-27-10-17-43-27/h1-7,18-19,27H,8-17,21-22H2,(H,41,42)/t27-/m0/s1. The van der Waals surface area contributed by atoms with Gasteiger partial charge in [-0.25, -0.2) is 14.8 Å². The van der Waals surface area contributed by atoms with Gasteiger partial charge in [0, 0.05) is 45.9 Å². The minimum Gasteiger partial charge on any atom is -0.478 e. The molecule has 3 aliphatic heterocycles. The molecule has 43 heavy (non-hydrogen) atoms. The smallest absolute Gasteiger partial charge is 0.335 e. The second-order valence-corrected chi connectivity index (χ2v) is 11.6. The number of aromatic nitrogens is 3. The summed E-state index contributed by atoms with van der Waals surface area (Å²) < 4.78 is 7.87. The van der Waals surface area contributed by atoms with Gasteiger partial charge in [-0.1, -0.05) is 12.1 Å². The van der Waals surface area contributed by atoms with Crippen molar-refractivity contribution in [1.82, 2.24) is 19.4 Å². The first-order valence-corrected chi connectivity index (χ1v) is 15.1. The highest BCUT2D eigenvalue weighted by molar-refractivity contribution is 5.92. The number of anilines is 2. The summed E-state index contributed by atoms with van der Waals surface area (Å²) >= 11 is 0. The van der Waals surface area contributed by atoms with Crippen molar-refractivity contribution >= 4 is 28.6 Å². The van der Waals surface area contributed by atoms with E-state index in [4.69, 9.17) is 14.7 Å². The molecule has 0 bridgehead atoms. The zero-order chi connectivity index (χ0) is 29.3. The van der Waals surface area contributed by atoms with Gasteiger partial charge in [0.25, 0.3) is 0 Å². The molecule has 2 aromatic heterocycles. The molecule has 2 fully saturated rings. The summed E-state index contributed by atoms with van der Waals surface area (Å²) in [6.45, 7) is 7.46. The van der Waals surface area contributed by atoms with E-state index in [-0.39, 0.29) is 11.7 Å². The van der Waals surface area contributed by atoms with Crippen LogP contribution in [0.15, 0.2) is 54.6 Å². The van der Waals surface area contributed by atoms with E-state index < -0.39 is 5.97 Å². The first-order chi connectivity index (χ1) is 21.0. The van der Waals surface area contributed by atoms with Crippen molar-refractivity contribution < 1.29 is 14.6 Å². The van der Waals surface area contributed by atoms with Crippen LogP contribution in [0.1, 0.15) is 39.3 Å². The number of aromatic carboxylic acids is 1. The molecule has 7 rings (SSSR count). The molecule has 3 aliphatic rings. The molecule has 1 atom stereocenters. The van der Waals surface area contributed by atoms with E-state index >= 15 is 0 Å². The number of carboxylic acids is 1. The molecule has 0 radical (unpaired) electrons. The maximum Gasteiger partial charge on any atom is 0.335 e. The summed E-state index contributed by atoms with van der Waals surface area (Å²) in [4.78, 5) is 28.8. The van der Waals surface area contributed by atoms with Gasteiger partial charge in [-0.05, 0) is 72.9 Å². The number of imidazole rings is 1.